The number of carbonyl (C=O) groups is 2. The number of piperidine rings is 2. The molecule has 0 spiro atoms. The molecular formula is C18H24N2O3. The minimum atomic E-state index is -0.319. The number of hydrogen-bond acceptors (Lipinski definition) is 3. The summed E-state index contributed by atoms with van der Waals surface area (Å²) in [7, 11) is 0. The second kappa shape index (κ2) is 7.49. The molecule has 0 bridgehead atoms. The summed E-state index contributed by atoms with van der Waals surface area (Å²) in [5.41, 5.74) is 0. The Labute approximate surface area is 137 Å². The normalized spacial score (nSPS) is 19.5. The summed E-state index contributed by atoms with van der Waals surface area (Å²) in [5, 5.41) is 0. The van der Waals surface area contributed by atoms with E-state index in [2.05, 4.69) is 0 Å². The molecule has 0 aliphatic carbocycles. The van der Waals surface area contributed by atoms with E-state index in [9.17, 15) is 9.59 Å². The van der Waals surface area contributed by atoms with Gasteiger partial charge in [0, 0.05) is 32.1 Å². The second-order valence-corrected chi connectivity index (χ2v) is 6.33. The highest BCUT2D eigenvalue weighted by Crippen LogP contribution is 2.22. The lowest BCUT2D eigenvalue weighted by molar-refractivity contribution is -0.137. The quantitative estimate of drug-likeness (QED) is 0.843. The topological polar surface area (TPSA) is 49.9 Å². The summed E-state index contributed by atoms with van der Waals surface area (Å²) in [6.07, 6.45) is 4.62. The van der Waals surface area contributed by atoms with Gasteiger partial charge in [-0.3, -0.25) is 4.79 Å². The van der Waals surface area contributed by atoms with Crippen LogP contribution in [0.4, 0.5) is 4.79 Å². The van der Waals surface area contributed by atoms with E-state index in [0.717, 1.165) is 38.8 Å². The molecule has 2 amide bonds. The maximum Gasteiger partial charge on any atom is 0.415 e. The molecule has 2 fully saturated rings. The minimum absolute atomic E-state index is 0.0638. The number of para-hydroxylation sites is 1. The molecule has 0 radical (unpaired) electrons. The van der Waals surface area contributed by atoms with Gasteiger partial charge in [-0.25, -0.2) is 4.79 Å². The van der Waals surface area contributed by atoms with Crippen molar-refractivity contribution >= 4 is 12.0 Å². The van der Waals surface area contributed by atoms with Crippen LogP contribution in [0.15, 0.2) is 30.3 Å². The molecule has 0 atom stereocenters. The predicted octanol–water partition coefficient (Wildman–Crippen LogP) is 2.91. The third-order valence-electron chi connectivity index (χ3n) is 4.72. The Morgan fingerprint density at radius 2 is 1.52 bits per heavy atom. The van der Waals surface area contributed by atoms with Crippen LogP contribution in [0.1, 0.15) is 32.1 Å². The molecule has 3 rings (SSSR count). The molecule has 23 heavy (non-hydrogen) atoms. The average molecular weight is 316 g/mol. The Bertz CT molecular complexity index is 532. The highest BCUT2D eigenvalue weighted by atomic mass is 16.6. The first kappa shape index (κ1) is 15.8. The molecular weight excluding hydrogens is 292 g/mol. The van der Waals surface area contributed by atoms with E-state index in [4.69, 9.17) is 4.74 Å². The molecule has 2 aliphatic rings. The third kappa shape index (κ3) is 4.03. The summed E-state index contributed by atoms with van der Waals surface area (Å²) in [4.78, 5) is 28.4. The van der Waals surface area contributed by atoms with Crippen molar-refractivity contribution < 1.29 is 14.3 Å². The zero-order valence-corrected chi connectivity index (χ0v) is 13.4. The predicted molar refractivity (Wildman–Crippen MR) is 87.2 cm³/mol. The van der Waals surface area contributed by atoms with E-state index in [0.29, 0.717) is 18.8 Å². The summed E-state index contributed by atoms with van der Waals surface area (Å²) >= 11 is 0. The number of amides is 2. The Kier molecular flexibility index (Phi) is 5.16. The number of likely N-dealkylation sites (tertiary alicyclic amines) is 2. The van der Waals surface area contributed by atoms with Gasteiger partial charge in [-0.15, -0.1) is 0 Å². The number of hydrogen-bond donors (Lipinski definition) is 0. The van der Waals surface area contributed by atoms with Gasteiger partial charge >= 0.3 is 6.09 Å². The van der Waals surface area contributed by atoms with Crippen LogP contribution in [0.5, 0.6) is 5.75 Å². The molecule has 2 aliphatic heterocycles. The van der Waals surface area contributed by atoms with Crippen LogP contribution >= 0.6 is 0 Å². The van der Waals surface area contributed by atoms with Gasteiger partial charge in [0.15, 0.2) is 0 Å². The number of ether oxygens (including phenoxy) is 1. The molecule has 0 N–H and O–H groups in total. The van der Waals surface area contributed by atoms with E-state index in [1.165, 1.54) is 6.42 Å². The molecule has 2 heterocycles. The summed E-state index contributed by atoms with van der Waals surface area (Å²) in [5.74, 6) is 0.902. The number of nitrogens with zero attached hydrogens (tertiary/aromatic N) is 2. The van der Waals surface area contributed by atoms with Crippen molar-refractivity contribution in [3.05, 3.63) is 30.3 Å². The van der Waals surface area contributed by atoms with Gasteiger partial charge < -0.3 is 14.5 Å². The van der Waals surface area contributed by atoms with Gasteiger partial charge in [0.2, 0.25) is 5.91 Å². The molecule has 5 nitrogen and oxygen atoms in total. The van der Waals surface area contributed by atoms with E-state index in [1.54, 1.807) is 17.0 Å². The van der Waals surface area contributed by atoms with Crippen LogP contribution in [0.2, 0.25) is 0 Å². The van der Waals surface area contributed by atoms with E-state index >= 15 is 0 Å². The number of rotatable bonds is 2. The van der Waals surface area contributed by atoms with Crippen LogP contribution in [-0.2, 0) is 4.79 Å². The van der Waals surface area contributed by atoms with Crippen LogP contribution in [-0.4, -0.2) is 48.0 Å². The summed E-state index contributed by atoms with van der Waals surface area (Å²) in [6.45, 7) is 2.98. The largest absolute Gasteiger partial charge is 0.415 e. The molecule has 2 saturated heterocycles. The molecule has 1 aromatic rings. The SMILES string of the molecule is O=C(Oc1ccccc1)N1CCC(C(=O)N2CCCCC2)CC1. The van der Waals surface area contributed by atoms with Crippen LogP contribution < -0.4 is 4.74 Å². The Morgan fingerprint density at radius 1 is 0.870 bits per heavy atom. The van der Waals surface area contributed by atoms with Crippen LogP contribution in [0.25, 0.3) is 0 Å². The first-order chi connectivity index (χ1) is 11.2. The van der Waals surface area contributed by atoms with Gasteiger partial charge in [0.25, 0.3) is 0 Å². The smallest absolute Gasteiger partial charge is 0.410 e. The van der Waals surface area contributed by atoms with Crippen molar-refractivity contribution in [2.45, 2.75) is 32.1 Å². The fraction of sp³-hybridized carbons (Fsp3) is 0.556. The van der Waals surface area contributed by atoms with Gasteiger partial charge in [0.1, 0.15) is 5.75 Å². The van der Waals surface area contributed by atoms with E-state index in [-0.39, 0.29) is 17.9 Å². The van der Waals surface area contributed by atoms with Crippen molar-refractivity contribution in [1.82, 2.24) is 9.80 Å². The van der Waals surface area contributed by atoms with Gasteiger partial charge in [0.05, 0.1) is 0 Å². The van der Waals surface area contributed by atoms with Gasteiger partial charge in [-0.1, -0.05) is 18.2 Å². The molecule has 124 valence electrons. The Hall–Kier alpha value is -2.04. The molecule has 0 unspecified atom stereocenters. The lowest BCUT2D eigenvalue weighted by Gasteiger charge is -2.35. The molecule has 5 heteroatoms. The zero-order chi connectivity index (χ0) is 16.1. The Morgan fingerprint density at radius 3 is 2.17 bits per heavy atom. The molecule has 0 aromatic heterocycles. The fourth-order valence-electron chi connectivity index (χ4n) is 3.34. The van der Waals surface area contributed by atoms with Crippen molar-refractivity contribution in [2.75, 3.05) is 26.2 Å². The maximum absolute atomic E-state index is 12.5. The number of carbonyl (C=O) groups excluding carboxylic acids is 2. The fourth-order valence-corrected chi connectivity index (χ4v) is 3.34. The highest BCUT2D eigenvalue weighted by molar-refractivity contribution is 5.79. The van der Waals surface area contributed by atoms with Gasteiger partial charge in [-0.05, 0) is 44.2 Å². The maximum atomic E-state index is 12.5. The lowest BCUT2D eigenvalue weighted by Crippen LogP contribution is -2.46. The van der Waals surface area contributed by atoms with Gasteiger partial charge in [-0.2, -0.15) is 0 Å². The molecule has 1 aromatic carbocycles. The van der Waals surface area contributed by atoms with Crippen molar-refractivity contribution in [3.8, 4) is 5.75 Å². The second-order valence-electron chi connectivity index (χ2n) is 6.33. The summed E-state index contributed by atoms with van der Waals surface area (Å²) in [6, 6.07) is 9.10. The minimum Gasteiger partial charge on any atom is -0.410 e. The third-order valence-corrected chi connectivity index (χ3v) is 4.72. The van der Waals surface area contributed by atoms with Crippen molar-refractivity contribution in [1.29, 1.82) is 0 Å². The standard InChI is InChI=1S/C18H24N2O3/c21-17(19-11-5-2-6-12-19)15-9-13-20(14-10-15)18(22)23-16-7-3-1-4-8-16/h1,3-4,7-8,15H,2,5-6,9-14H2. The monoisotopic (exact) mass is 316 g/mol. The van der Waals surface area contributed by atoms with Crippen LogP contribution in [0.3, 0.4) is 0 Å². The summed E-state index contributed by atoms with van der Waals surface area (Å²) < 4.78 is 5.36. The Balaban J connectivity index is 1.48. The van der Waals surface area contributed by atoms with E-state index in [1.807, 2.05) is 23.1 Å². The average Bonchev–Trinajstić information content (AvgIpc) is 2.63. The lowest BCUT2D eigenvalue weighted by atomic mass is 9.94. The first-order valence-electron chi connectivity index (χ1n) is 8.54. The van der Waals surface area contributed by atoms with Crippen LogP contribution in [0, 0.1) is 5.92 Å². The molecule has 0 saturated carbocycles. The van der Waals surface area contributed by atoms with Crippen molar-refractivity contribution in [2.24, 2.45) is 5.92 Å². The number of benzene rings is 1. The highest BCUT2D eigenvalue weighted by Gasteiger charge is 2.31. The van der Waals surface area contributed by atoms with E-state index < -0.39 is 0 Å². The zero-order valence-electron chi connectivity index (χ0n) is 13.4. The first-order valence-corrected chi connectivity index (χ1v) is 8.54. The van der Waals surface area contributed by atoms with Crippen molar-refractivity contribution in [3.63, 3.8) is 0 Å².